The average molecular weight is 485 g/mol. The molecule has 0 amide bonds. The van der Waals surface area contributed by atoms with E-state index in [4.69, 9.17) is 4.74 Å². The van der Waals surface area contributed by atoms with Gasteiger partial charge >= 0.3 is 10.2 Å². The lowest BCUT2D eigenvalue weighted by atomic mass is 10.2. The molecule has 4 rings (SSSR count). The number of pyridine rings is 1. The molecule has 0 spiro atoms. The molecule has 0 saturated carbocycles. The molecule has 2 aromatic heterocycles. The fourth-order valence-electron chi connectivity index (χ4n) is 3.48. The zero-order valence-electron chi connectivity index (χ0n) is 17.6. The SMILES string of the molecule is CCn1nc2ccc(-n3ccc(OCc4ccc(S(F)(F)(F)(F)F)cc4)cc3=O)cc2c1C. The van der Waals surface area contributed by atoms with Crippen molar-refractivity contribution in [1.29, 1.82) is 0 Å². The van der Waals surface area contributed by atoms with Crippen molar-refractivity contribution < 1.29 is 24.2 Å². The molecule has 0 fully saturated rings. The lowest BCUT2D eigenvalue weighted by Crippen LogP contribution is -2.16. The Kier molecular flexibility index (Phi) is 4.90. The molecule has 0 aliphatic carbocycles. The highest BCUT2D eigenvalue weighted by Crippen LogP contribution is 3.02. The van der Waals surface area contributed by atoms with Gasteiger partial charge in [-0.3, -0.25) is 14.0 Å². The zero-order chi connectivity index (χ0) is 24.1. The maximum absolute atomic E-state index is 12.8. The minimum atomic E-state index is -9.71. The minimum absolute atomic E-state index is 0.189. The summed E-state index contributed by atoms with van der Waals surface area (Å²) >= 11 is 0. The molecule has 0 saturated heterocycles. The highest BCUT2D eigenvalue weighted by Gasteiger charge is 2.65. The Morgan fingerprint density at radius 3 is 2.27 bits per heavy atom. The number of aromatic nitrogens is 3. The number of rotatable bonds is 6. The molecule has 33 heavy (non-hydrogen) atoms. The molecular weight excluding hydrogens is 465 g/mol. The largest absolute Gasteiger partial charge is 0.489 e. The van der Waals surface area contributed by atoms with Crippen LogP contribution in [-0.4, -0.2) is 14.3 Å². The van der Waals surface area contributed by atoms with Crippen LogP contribution in [0.3, 0.4) is 0 Å². The third-order valence-corrected chi connectivity index (χ3v) is 6.39. The molecule has 0 bridgehead atoms. The number of ether oxygens (including phenoxy) is 1. The number of hydrogen-bond acceptors (Lipinski definition) is 3. The maximum atomic E-state index is 12.8. The molecule has 0 atom stereocenters. The van der Waals surface area contributed by atoms with Gasteiger partial charge in [0.05, 0.1) is 5.52 Å². The van der Waals surface area contributed by atoms with Gasteiger partial charge in [-0.1, -0.05) is 31.6 Å². The molecule has 0 radical (unpaired) electrons. The highest BCUT2D eigenvalue weighted by molar-refractivity contribution is 8.45. The lowest BCUT2D eigenvalue weighted by molar-refractivity contribution is 0.305. The van der Waals surface area contributed by atoms with Gasteiger partial charge in [-0.2, -0.15) is 5.10 Å². The van der Waals surface area contributed by atoms with Gasteiger partial charge in [-0.25, -0.2) is 0 Å². The number of aryl methyl sites for hydroxylation is 2. The number of benzene rings is 2. The molecule has 4 aromatic rings. The smallest absolute Gasteiger partial charge is 0.310 e. The van der Waals surface area contributed by atoms with E-state index in [1.54, 1.807) is 6.07 Å². The second-order valence-electron chi connectivity index (χ2n) is 7.57. The molecule has 2 aromatic carbocycles. The van der Waals surface area contributed by atoms with Crippen LogP contribution < -0.4 is 10.3 Å². The summed E-state index contributed by atoms with van der Waals surface area (Å²) < 4.78 is 72.8. The Balaban J connectivity index is 1.52. The summed E-state index contributed by atoms with van der Waals surface area (Å²) in [5.74, 6) is 0.198. The zero-order valence-corrected chi connectivity index (χ0v) is 18.5. The van der Waals surface area contributed by atoms with Crippen molar-refractivity contribution in [2.24, 2.45) is 0 Å². The van der Waals surface area contributed by atoms with Gasteiger partial charge in [-0.15, -0.1) is 0 Å². The number of fused-ring (bicyclic) bond motifs is 1. The van der Waals surface area contributed by atoms with Crippen LogP contribution in [0.1, 0.15) is 18.2 Å². The summed E-state index contributed by atoms with van der Waals surface area (Å²) in [6.07, 6.45) is 1.52. The summed E-state index contributed by atoms with van der Waals surface area (Å²) in [6, 6.07) is 10.8. The highest BCUT2D eigenvalue weighted by atomic mass is 32.5. The average Bonchev–Trinajstić information content (AvgIpc) is 3.06. The summed E-state index contributed by atoms with van der Waals surface area (Å²) in [4.78, 5) is 10.7. The normalized spacial score (nSPS) is 14.2. The quantitative estimate of drug-likeness (QED) is 0.284. The molecule has 176 valence electrons. The van der Waals surface area contributed by atoms with Crippen LogP contribution >= 0.6 is 10.2 Å². The van der Waals surface area contributed by atoms with Gasteiger partial charge in [0.2, 0.25) is 0 Å². The summed E-state index contributed by atoms with van der Waals surface area (Å²) in [5, 5.41) is 5.42. The Hall–Kier alpha value is -3.34. The Morgan fingerprint density at radius 1 is 0.970 bits per heavy atom. The van der Waals surface area contributed by atoms with Crippen LogP contribution in [-0.2, 0) is 13.2 Å². The summed E-state index contributed by atoms with van der Waals surface area (Å²) in [6.45, 7) is 4.48. The second-order valence-corrected chi connectivity index (χ2v) is 9.98. The predicted octanol–water partition coefficient (Wildman–Crippen LogP) is 6.75. The van der Waals surface area contributed by atoms with E-state index in [0.717, 1.165) is 35.3 Å². The fraction of sp³-hybridized carbons (Fsp3) is 0.182. The standard InChI is InChI=1S/C22H20F5N3O2S/c1-3-30-15(2)20-12-17(6-9-21(20)28-30)29-11-10-18(13-22(29)31)32-14-16-4-7-19(8-5-16)33(23,24,25,26)27/h4-13H,3,14H2,1-2H3. The first-order valence-corrected chi connectivity index (χ1v) is 11.9. The Morgan fingerprint density at radius 2 is 1.67 bits per heavy atom. The second kappa shape index (κ2) is 7.08. The van der Waals surface area contributed by atoms with Crippen LogP contribution in [0.5, 0.6) is 5.75 Å². The third-order valence-electron chi connectivity index (χ3n) is 5.23. The van der Waals surface area contributed by atoms with E-state index in [0.29, 0.717) is 17.8 Å². The van der Waals surface area contributed by atoms with Crippen LogP contribution in [0, 0.1) is 6.92 Å². The van der Waals surface area contributed by atoms with Crippen molar-refractivity contribution in [3.63, 3.8) is 0 Å². The van der Waals surface area contributed by atoms with Crippen molar-refractivity contribution in [2.45, 2.75) is 31.9 Å². The maximum Gasteiger partial charge on any atom is 0.310 e. The molecule has 0 aliphatic heterocycles. The van der Waals surface area contributed by atoms with E-state index in [1.165, 1.54) is 22.9 Å². The molecule has 5 nitrogen and oxygen atoms in total. The lowest BCUT2D eigenvalue weighted by Gasteiger charge is -2.40. The van der Waals surface area contributed by atoms with Crippen LogP contribution in [0.15, 0.2) is 70.5 Å². The number of halogens is 5. The van der Waals surface area contributed by atoms with Crippen LogP contribution in [0.2, 0.25) is 0 Å². The monoisotopic (exact) mass is 485 g/mol. The van der Waals surface area contributed by atoms with Crippen LogP contribution in [0.25, 0.3) is 16.6 Å². The van der Waals surface area contributed by atoms with Gasteiger partial charge in [-0.05, 0) is 55.8 Å². The molecule has 11 heteroatoms. The molecular formula is C22H20F5N3O2S. The van der Waals surface area contributed by atoms with E-state index in [2.05, 4.69) is 5.10 Å². The van der Waals surface area contributed by atoms with Gasteiger partial charge in [0, 0.05) is 35.6 Å². The van der Waals surface area contributed by atoms with Gasteiger partial charge in [0.1, 0.15) is 17.3 Å². The molecule has 0 aliphatic rings. The Bertz CT molecular complexity index is 1410. The third kappa shape index (κ3) is 4.72. The molecule has 0 N–H and O–H groups in total. The van der Waals surface area contributed by atoms with Crippen molar-refractivity contribution in [3.05, 3.63) is 82.4 Å². The van der Waals surface area contributed by atoms with Gasteiger partial charge < -0.3 is 4.74 Å². The van der Waals surface area contributed by atoms with Gasteiger partial charge in [0.15, 0.2) is 0 Å². The van der Waals surface area contributed by atoms with Gasteiger partial charge in [0.25, 0.3) is 5.56 Å². The first kappa shape index (κ1) is 22.8. The first-order valence-electron chi connectivity index (χ1n) is 9.91. The molecule has 2 heterocycles. The van der Waals surface area contributed by atoms with Crippen molar-refractivity contribution >= 4 is 21.1 Å². The van der Waals surface area contributed by atoms with E-state index >= 15 is 0 Å². The predicted molar refractivity (Wildman–Crippen MR) is 118 cm³/mol. The topological polar surface area (TPSA) is 49.0 Å². The number of hydrogen-bond donors (Lipinski definition) is 0. The molecule has 0 unspecified atom stereocenters. The first-order chi connectivity index (χ1) is 15.2. The van der Waals surface area contributed by atoms with E-state index in [-0.39, 0.29) is 23.5 Å². The Labute approximate surface area is 185 Å². The van der Waals surface area contributed by atoms with E-state index in [9.17, 15) is 24.2 Å². The van der Waals surface area contributed by atoms with Crippen molar-refractivity contribution in [1.82, 2.24) is 14.3 Å². The fourth-order valence-corrected chi connectivity index (χ4v) is 4.13. The summed E-state index contributed by atoms with van der Waals surface area (Å²) in [7, 11) is -9.71. The summed E-state index contributed by atoms with van der Waals surface area (Å²) in [5.41, 5.74) is 2.33. The van der Waals surface area contributed by atoms with Crippen molar-refractivity contribution in [3.8, 4) is 11.4 Å². The van der Waals surface area contributed by atoms with Crippen LogP contribution in [0.4, 0.5) is 19.4 Å². The number of nitrogens with zero attached hydrogens (tertiary/aromatic N) is 3. The van der Waals surface area contributed by atoms with Crippen molar-refractivity contribution in [2.75, 3.05) is 0 Å². The minimum Gasteiger partial charge on any atom is -0.489 e. The van der Waals surface area contributed by atoms with E-state index < -0.39 is 15.1 Å². The van der Waals surface area contributed by atoms with E-state index in [1.807, 2.05) is 30.7 Å².